The monoisotopic (exact) mass is 280 g/mol. The molecule has 4 heteroatoms. The predicted octanol–water partition coefficient (Wildman–Crippen LogP) is 2.93. The molecule has 2 rings (SSSR count). The summed E-state index contributed by atoms with van der Waals surface area (Å²) in [5.74, 6) is 0.725. The zero-order chi connectivity index (χ0) is 13.8. The molecule has 104 valence electrons. The number of aldehydes is 1. The average molecular weight is 281 g/mol. The maximum atomic E-state index is 10.7. The molecule has 0 unspecified atom stereocenters. The minimum atomic E-state index is 0.626. The van der Waals surface area contributed by atoms with Gasteiger partial charge in [-0.05, 0) is 57.1 Å². The average Bonchev–Trinajstić information content (AvgIpc) is 2.41. The van der Waals surface area contributed by atoms with E-state index in [9.17, 15) is 4.79 Å². The van der Waals surface area contributed by atoms with Crippen LogP contribution in [0.25, 0.3) is 0 Å². The van der Waals surface area contributed by atoms with E-state index in [1.807, 2.05) is 12.1 Å². The summed E-state index contributed by atoms with van der Waals surface area (Å²) in [5.41, 5.74) is 1.63. The highest BCUT2D eigenvalue weighted by Gasteiger charge is 2.19. The number of hydrogen-bond donors (Lipinski definition) is 0. The van der Waals surface area contributed by atoms with Crippen LogP contribution in [-0.4, -0.2) is 44.9 Å². The number of piperidine rings is 1. The van der Waals surface area contributed by atoms with Crippen LogP contribution in [0.5, 0.6) is 0 Å². The maximum Gasteiger partial charge on any atom is 0.150 e. The second kappa shape index (κ2) is 6.40. The third kappa shape index (κ3) is 3.71. The molecule has 1 aromatic carbocycles. The first-order chi connectivity index (χ1) is 9.10. The molecule has 0 spiro atoms. The van der Waals surface area contributed by atoms with Crippen molar-refractivity contribution in [1.29, 1.82) is 0 Å². The molecule has 0 radical (unpaired) electrons. The SMILES string of the molecule is CN1CCC(CN(C)c2ccc(C=O)cc2Cl)CC1. The van der Waals surface area contributed by atoms with Crippen LogP contribution in [0.4, 0.5) is 5.69 Å². The second-order valence-electron chi connectivity index (χ2n) is 5.46. The highest BCUT2D eigenvalue weighted by molar-refractivity contribution is 6.33. The minimum absolute atomic E-state index is 0.626. The summed E-state index contributed by atoms with van der Waals surface area (Å²) in [6.07, 6.45) is 3.31. The van der Waals surface area contributed by atoms with Gasteiger partial charge in [0.15, 0.2) is 0 Å². The third-order valence-corrected chi connectivity index (χ3v) is 4.19. The Morgan fingerprint density at radius 2 is 2.11 bits per heavy atom. The lowest BCUT2D eigenvalue weighted by Gasteiger charge is -2.32. The van der Waals surface area contributed by atoms with Crippen molar-refractivity contribution in [3.63, 3.8) is 0 Å². The zero-order valence-electron chi connectivity index (χ0n) is 11.6. The Labute approximate surface area is 120 Å². The number of nitrogens with zero attached hydrogens (tertiary/aromatic N) is 2. The van der Waals surface area contributed by atoms with Gasteiger partial charge in [0.05, 0.1) is 10.7 Å². The normalized spacial score (nSPS) is 17.4. The Morgan fingerprint density at radius 3 is 2.68 bits per heavy atom. The van der Waals surface area contributed by atoms with E-state index in [1.54, 1.807) is 6.07 Å². The summed E-state index contributed by atoms with van der Waals surface area (Å²) in [5, 5.41) is 0.653. The van der Waals surface area contributed by atoms with Gasteiger partial charge in [-0.15, -0.1) is 0 Å². The molecule has 0 aliphatic carbocycles. The molecule has 1 aliphatic heterocycles. The summed E-state index contributed by atoms with van der Waals surface area (Å²) in [6, 6.07) is 5.48. The van der Waals surface area contributed by atoms with Gasteiger partial charge in [-0.3, -0.25) is 4.79 Å². The number of likely N-dealkylation sites (tertiary alicyclic amines) is 1. The van der Waals surface area contributed by atoms with E-state index < -0.39 is 0 Å². The fourth-order valence-electron chi connectivity index (χ4n) is 2.64. The van der Waals surface area contributed by atoms with Crippen molar-refractivity contribution in [2.24, 2.45) is 5.92 Å². The third-order valence-electron chi connectivity index (χ3n) is 3.89. The Balaban J connectivity index is 1.99. The van der Waals surface area contributed by atoms with E-state index in [0.717, 1.165) is 24.4 Å². The topological polar surface area (TPSA) is 23.6 Å². The van der Waals surface area contributed by atoms with E-state index in [-0.39, 0.29) is 0 Å². The fraction of sp³-hybridized carbons (Fsp3) is 0.533. The molecular formula is C15H21ClN2O. The van der Waals surface area contributed by atoms with Gasteiger partial charge >= 0.3 is 0 Å². The van der Waals surface area contributed by atoms with Gasteiger partial charge in [0.25, 0.3) is 0 Å². The molecule has 0 amide bonds. The van der Waals surface area contributed by atoms with Crippen LogP contribution in [0.1, 0.15) is 23.2 Å². The zero-order valence-corrected chi connectivity index (χ0v) is 12.4. The van der Waals surface area contributed by atoms with Gasteiger partial charge in [-0.25, -0.2) is 0 Å². The minimum Gasteiger partial charge on any atom is -0.373 e. The Bertz CT molecular complexity index is 442. The van der Waals surface area contributed by atoms with Crippen molar-refractivity contribution in [3.05, 3.63) is 28.8 Å². The van der Waals surface area contributed by atoms with Crippen LogP contribution >= 0.6 is 11.6 Å². The summed E-state index contributed by atoms with van der Waals surface area (Å²) < 4.78 is 0. The van der Waals surface area contributed by atoms with Crippen molar-refractivity contribution in [3.8, 4) is 0 Å². The first-order valence-corrected chi connectivity index (χ1v) is 7.12. The number of rotatable bonds is 4. The van der Waals surface area contributed by atoms with Gasteiger partial charge in [-0.1, -0.05) is 11.6 Å². The number of hydrogen-bond acceptors (Lipinski definition) is 3. The molecule has 1 aromatic rings. The lowest BCUT2D eigenvalue weighted by atomic mass is 9.96. The number of carbonyl (C=O) groups is 1. The molecule has 1 fully saturated rings. The lowest BCUT2D eigenvalue weighted by molar-refractivity contribution is 0.112. The lowest BCUT2D eigenvalue weighted by Crippen LogP contribution is -2.35. The molecule has 0 saturated carbocycles. The molecule has 0 aromatic heterocycles. The second-order valence-corrected chi connectivity index (χ2v) is 5.86. The molecule has 0 bridgehead atoms. The molecule has 0 atom stereocenters. The predicted molar refractivity (Wildman–Crippen MR) is 80.3 cm³/mol. The first kappa shape index (κ1) is 14.4. The van der Waals surface area contributed by atoms with Crippen molar-refractivity contribution in [2.45, 2.75) is 12.8 Å². The number of carbonyl (C=O) groups excluding carboxylic acids is 1. The number of benzene rings is 1. The van der Waals surface area contributed by atoms with Crippen LogP contribution in [0.2, 0.25) is 5.02 Å². The Kier molecular flexibility index (Phi) is 4.83. The van der Waals surface area contributed by atoms with Gasteiger partial charge in [0.2, 0.25) is 0 Å². The smallest absolute Gasteiger partial charge is 0.150 e. The molecule has 3 nitrogen and oxygen atoms in total. The number of anilines is 1. The maximum absolute atomic E-state index is 10.7. The van der Waals surface area contributed by atoms with Crippen LogP contribution < -0.4 is 4.90 Å². The van der Waals surface area contributed by atoms with Crippen molar-refractivity contribution in [1.82, 2.24) is 4.90 Å². The van der Waals surface area contributed by atoms with E-state index >= 15 is 0 Å². The van der Waals surface area contributed by atoms with Gasteiger partial charge < -0.3 is 9.80 Å². The van der Waals surface area contributed by atoms with Gasteiger partial charge in [0.1, 0.15) is 6.29 Å². The molecule has 1 heterocycles. The van der Waals surface area contributed by atoms with E-state index in [2.05, 4.69) is 23.9 Å². The van der Waals surface area contributed by atoms with Crippen LogP contribution in [-0.2, 0) is 0 Å². The molecule has 1 saturated heterocycles. The standard InChI is InChI=1S/C15H21ClN2O/c1-17-7-5-12(6-8-17)10-18(2)15-4-3-13(11-19)9-14(15)16/h3-4,9,11-12H,5-8,10H2,1-2H3. The van der Waals surface area contributed by atoms with E-state index in [0.29, 0.717) is 10.6 Å². The Morgan fingerprint density at radius 1 is 1.42 bits per heavy atom. The molecule has 1 aliphatic rings. The quantitative estimate of drug-likeness (QED) is 0.793. The van der Waals surface area contributed by atoms with E-state index in [1.165, 1.54) is 25.9 Å². The van der Waals surface area contributed by atoms with Crippen molar-refractivity contribution < 1.29 is 4.79 Å². The summed E-state index contributed by atoms with van der Waals surface area (Å²) >= 11 is 6.24. The van der Waals surface area contributed by atoms with Crippen molar-refractivity contribution >= 4 is 23.6 Å². The highest BCUT2D eigenvalue weighted by Crippen LogP contribution is 2.27. The van der Waals surface area contributed by atoms with Crippen LogP contribution in [0, 0.1) is 5.92 Å². The molecular weight excluding hydrogens is 260 g/mol. The fourth-order valence-corrected chi connectivity index (χ4v) is 2.97. The summed E-state index contributed by atoms with van der Waals surface area (Å²) in [4.78, 5) is 15.3. The van der Waals surface area contributed by atoms with Gasteiger partial charge in [0, 0.05) is 19.2 Å². The van der Waals surface area contributed by atoms with Crippen LogP contribution in [0.15, 0.2) is 18.2 Å². The Hall–Kier alpha value is -1.06. The van der Waals surface area contributed by atoms with E-state index in [4.69, 9.17) is 11.6 Å². The van der Waals surface area contributed by atoms with Crippen molar-refractivity contribution in [2.75, 3.05) is 38.6 Å². The largest absolute Gasteiger partial charge is 0.373 e. The number of halogens is 1. The summed E-state index contributed by atoms with van der Waals surface area (Å²) in [6.45, 7) is 3.38. The van der Waals surface area contributed by atoms with Crippen LogP contribution in [0.3, 0.4) is 0 Å². The van der Waals surface area contributed by atoms with Gasteiger partial charge in [-0.2, -0.15) is 0 Å². The molecule has 0 N–H and O–H groups in total. The molecule has 19 heavy (non-hydrogen) atoms. The highest BCUT2D eigenvalue weighted by atomic mass is 35.5. The first-order valence-electron chi connectivity index (χ1n) is 6.74. The summed E-state index contributed by atoms with van der Waals surface area (Å²) in [7, 11) is 4.25.